The van der Waals surface area contributed by atoms with Crippen molar-refractivity contribution in [2.45, 2.75) is 29.1 Å². The molecule has 2 N–H and O–H groups in total. The van der Waals surface area contributed by atoms with Crippen LogP contribution in [0.4, 0.5) is 5.69 Å². The maximum atomic E-state index is 12.6. The molecule has 0 atom stereocenters. The summed E-state index contributed by atoms with van der Waals surface area (Å²) in [4.78, 5) is -0.195. The standard InChI is InChI=1S/C13H20N2O4S2/c1-15(9-10-4-3-5-10)21(18,19)13-8-11(20(2,16)17)6-7-12(13)14/h6-8,10H,3-5,9,14H2,1-2H3. The van der Waals surface area contributed by atoms with Gasteiger partial charge in [0.2, 0.25) is 10.0 Å². The van der Waals surface area contributed by atoms with E-state index in [1.54, 1.807) is 0 Å². The van der Waals surface area contributed by atoms with Gasteiger partial charge in [0.15, 0.2) is 9.84 Å². The summed E-state index contributed by atoms with van der Waals surface area (Å²) in [7, 11) is -5.76. The summed E-state index contributed by atoms with van der Waals surface area (Å²) in [5, 5.41) is 0. The molecule has 1 aliphatic rings. The van der Waals surface area contributed by atoms with E-state index in [9.17, 15) is 16.8 Å². The van der Waals surface area contributed by atoms with Gasteiger partial charge < -0.3 is 5.73 Å². The second-order valence-corrected chi connectivity index (χ2v) is 9.58. The van der Waals surface area contributed by atoms with Gasteiger partial charge in [-0.05, 0) is 37.0 Å². The van der Waals surface area contributed by atoms with Crippen LogP contribution in [0.5, 0.6) is 0 Å². The van der Waals surface area contributed by atoms with Gasteiger partial charge >= 0.3 is 0 Å². The molecular weight excluding hydrogens is 312 g/mol. The number of hydrogen-bond acceptors (Lipinski definition) is 5. The highest BCUT2D eigenvalue weighted by molar-refractivity contribution is 7.91. The van der Waals surface area contributed by atoms with Gasteiger partial charge in [0.25, 0.3) is 0 Å². The van der Waals surface area contributed by atoms with E-state index in [2.05, 4.69) is 0 Å². The molecule has 0 unspecified atom stereocenters. The SMILES string of the molecule is CN(CC1CCC1)S(=O)(=O)c1cc(S(C)(=O)=O)ccc1N. The third-order valence-corrected chi connectivity index (χ3v) is 6.83. The van der Waals surface area contributed by atoms with Gasteiger partial charge in [0.05, 0.1) is 10.6 Å². The summed E-state index contributed by atoms with van der Waals surface area (Å²) in [6, 6.07) is 3.77. The number of rotatable bonds is 5. The van der Waals surface area contributed by atoms with Crippen molar-refractivity contribution >= 4 is 25.5 Å². The Labute approximate surface area is 125 Å². The van der Waals surface area contributed by atoms with E-state index < -0.39 is 19.9 Å². The number of hydrogen-bond donors (Lipinski definition) is 1. The second-order valence-electron chi connectivity index (χ2n) is 5.55. The first kappa shape index (κ1) is 16.3. The van der Waals surface area contributed by atoms with Crippen LogP contribution in [-0.2, 0) is 19.9 Å². The van der Waals surface area contributed by atoms with Crippen LogP contribution in [0.2, 0.25) is 0 Å². The largest absolute Gasteiger partial charge is 0.398 e. The molecule has 0 spiro atoms. The maximum Gasteiger partial charge on any atom is 0.244 e. The van der Waals surface area contributed by atoms with E-state index in [0.29, 0.717) is 12.5 Å². The molecule has 1 aliphatic carbocycles. The summed E-state index contributed by atoms with van der Waals surface area (Å²) in [6.07, 6.45) is 4.22. The number of nitrogens with two attached hydrogens (primary N) is 1. The molecule has 1 aromatic rings. The van der Waals surface area contributed by atoms with Crippen molar-refractivity contribution in [2.24, 2.45) is 5.92 Å². The lowest BCUT2D eigenvalue weighted by molar-refractivity contribution is 0.263. The number of nitrogen functional groups attached to an aromatic ring is 1. The van der Waals surface area contributed by atoms with Gasteiger partial charge in [0, 0.05) is 19.8 Å². The Morgan fingerprint density at radius 3 is 2.33 bits per heavy atom. The van der Waals surface area contributed by atoms with E-state index in [0.717, 1.165) is 31.6 Å². The molecule has 0 heterocycles. The quantitative estimate of drug-likeness (QED) is 0.814. The molecule has 2 rings (SSSR count). The first-order valence-electron chi connectivity index (χ1n) is 6.68. The lowest BCUT2D eigenvalue weighted by Gasteiger charge is -2.29. The van der Waals surface area contributed by atoms with E-state index >= 15 is 0 Å². The Kier molecular flexibility index (Phi) is 4.32. The summed E-state index contributed by atoms with van der Waals surface area (Å²) in [5.41, 5.74) is 5.79. The molecule has 0 saturated heterocycles. The fourth-order valence-electron chi connectivity index (χ4n) is 2.27. The molecule has 1 fully saturated rings. The number of sulfonamides is 1. The molecule has 0 bridgehead atoms. The van der Waals surface area contributed by atoms with Crippen LogP contribution >= 0.6 is 0 Å². The molecule has 0 radical (unpaired) electrons. The van der Waals surface area contributed by atoms with Crippen LogP contribution in [0, 0.1) is 5.92 Å². The Morgan fingerprint density at radius 2 is 1.86 bits per heavy atom. The third-order valence-electron chi connectivity index (χ3n) is 3.84. The molecule has 118 valence electrons. The summed E-state index contributed by atoms with van der Waals surface area (Å²) in [5.74, 6) is 0.379. The molecule has 1 aromatic carbocycles. The highest BCUT2D eigenvalue weighted by Crippen LogP contribution is 2.30. The fraction of sp³-hybridized carbons (Fsp3) is 0.538. The Bertz CT molecular complexity index is 737. The average Bonchev–Trinajstić information content (AvgIpc) is 2.32. The van der Waals surface area contributed by atoms with Crippen LogP contribution in [0.3, 0.4) is 0 Å². The monoisotopic (exact) mass is 332 g/mol. The third kappa shape index (κ3) is 3.38. The average molecular weight is 332 g/mol. The topological polar surface area (TPSA) is 97.5 Å². The summed E-state index contributed by atoms with van der Waals surface area (Å²) < 4.78 is 49.5. The molecular formula is C13H20N2O4S2. The molecule has 6 nitrogen and oxygen atoms in total. The van der Waals surface area contributed by atoms with E-state index in [4.69, 9.17) is 5.73 Å². The second kappa shape index (κ2) is 5.58. The number of anilines is 1. The molecule has 0 aromatic heterocycles. The smallest absolute Gasteiger partial charge is 0.244 e. The molecule has 21 heavy (non-hydrogen) atoms. The van der Waals surface area contributed by atoms with Crippen molar-refractivity contribution in [2.75, 3.05) is 25.6 Å². The zero-order valence-electron chi connectivity index (χ0n) is 12.1. The van der Waals surface area contributed by atoms with Crippen molar-refractivity contribution in [3.63, 3.8) is 0 Å². The normalized spacial score (nSPS) is 16.9. The van der Waals surface area contributed by atoms with E-state index in [-0.39, 0.29) is 15.5 Å². The number of benzene rings is 1. The Hall–Kier alpha value is -1.12. The van der Waals surface area contributed by atoms with E-state index in [1.807, 2.05) is 0 Å². The Morgan fingerprint density at radius 1 is 1.24 bits per heavy atom. The number of sulfone groups is 1. The predicted octanol–water partition coefficient (Wildman–Crippen LogP) is 1.09. The van der Waals surface area contributed by atoms with Crippen LogP contribution in [0.1, 0.15) is 19.3 Å². The van der Waals surface area contributed by atoms with Crippen molar-refractivity contribution in [3.05, 3.63) is 18.2 Å². The first-order valence-corrected chi connectivity index (χ1v) is 10.0. The summed E-state index contributed by atoms with van der Waals surface area (Å²) >= 11 is 0. The van der Waals surface area contributed by atoms with Gasteiger partial charge in [0.1, 0.15) is 4.90 Å². The van der Waals surface area contributed by atoms with Crippen LogP contribution in [0.25, 0.3) is 0 Å². The zero-order valence-corrected chi connectivity index (χ0v) is 13.7. The summed E-state index contributed by atoms with van der Waals surface area (Å²) in [6.45, 7) is 0.435. The minimum atomic E-state index is -3.78. The van der Waals surface area contributed by atoms with Gasteiger partial charge in [-0.25, -0.2) is 21.1 Å². The van der Waals surface area contributed by atoms with Crippen LogP contribution in [0.15, 0.2) is 28.0 Å². The van der Waals surface area contributed by atoms with Crippen LogP contribution < -0.4 is 5.73 Å². The van der Waals surface area contributed by atoms with E-state index in [1.165, 1.54) is 23.5 Å². The number of nitrogens with zero attached hydrogens (tertiary/aromatic N) is 1. The minimum Gasteiger partial charge on any atom is -0.398 e. The first-order chi connectivity index (χ1) is 9.62. The minimum absolute atomic E-state index is 0.0488. The van der Waals surface area contributed by atoms with Crippen LogP contribution in [-0.4, -0.2) is 41.0 Å². The lowest BCUT2D eigenvalue weighted by Crippen LogP contribution is -2.34. The van der Waals surface area contributed by atoms with Crippen molar-refractivity contribution in [3.8, 4) is 0 Å². The zero-order chi connectivity index (χ0) is 15.8. The van der Waals surface area contributed by atoms with Crippen molar-refractivity contribution < 1.29 is 16.8 Å². The fourth-order valence-corrected chi connectivity index (χ4v) is 4.38. The Balaban J connectivity index is 2.38. The van der Waals surface area contributed by atoms with Gasteiger partial charge in [-0.15, -0.1) is 0 Å². The van der Waals surface area contributed by atoms with Crippen molar-refractivity contribution in [1.29, 1.82) is 0 Å². The molecule has 1 saturated carbocycles. The van der Waals surface area contributed by atoms with Gasteiger partial charge in [-0.3, -0.25) is 0 Å². The molecule has 8 heteroatoms. The van der Waals surface area contributed by atoms with Crippen molar-refractivity contribution in [1.82, 2.24) is 4.31 Å². The molecule has 0 amide bonds. The maximum absolute atomic E-state index is 12.6. The lowest BCUT2D eigenvalue weighted by atomic mass is 9.86. The highest BCUT2D eigenvalue weighted by atomic mass is 32.2. The predicted molar refractivity (Wildman–Crippen MR) is 81.1 cm³/mol. The molecule has 0 aliphatic heterocycles. The highest BCUT2D eigenvalue weighted by Gasteiger charge is 2.29. The van der Waals surface area contributed by atoms with Gasteiger partial charge in [-0.2, -0.15) is 0 Å². The van der Waals surface area contributed by atoms with Gasteiger partial charge in [-0.1, -0.05) is 6.42 Å².